The van der Waals surface area contributed by atoms with Gasteiger partial charge in [0, 0.05) is 32.6 Å². The standard InChI is InChI=1S/C21H34N2O2/c1-20(2,3)16-13-15(14-17(19(16)25)21(4,5)6)7-8-18(24)23-11-9-22-10-12-23/h13-14,22,25H,7-12H2,1-6H3. The van der Waals surface area contributed by atoms with Crippen molar-refractivity contribution in [1.82, 2.24) is 10.2 Å². The Labute approximate surface area is 152 Å². The van der Waals surface area contributed by atoms with E-state index in [0.29, 0.717) is 12.2 Å². The van der Waals surface area contributed by atoms with Crippen LogP contribution in [-0.2, 0) is 22.0 Å². The molecule has 4 nitrogen and oxygen atoms in total. The molecule has 1 amide bonds. The molecule has 1 aromatic carbocycles. The fraction of sp³-hybridized carbons (Fsp3) is 0.667. The Morgan fingerprint density at radius 2 is 1.52 bits per heavy atom. The maximum atomic E-state index is 12.5. The van der Waals surface area contributed by atoms with Gasteiger partial charge in [-0.25, -0.2) is 0 Å². The zero-order chi connectivity index (χ0) is 18.8. The van der Waals surface area contributed by atoms with Crippen LogP contribution in [0.3, 0.4) is 0 Å². The second-order valence-corrected chi connectivity index (χ2v) is 9.17. The summed E-state index contributed by atoms with van der Waals surface area (Å²) in [4.78, 5) is 14.4. The first-order valence-electron chi connectivity index (χ1n) is 9.35. The highest BCUT2D eigenvalue weighted by molar-refractivity contribution is 5.76. The van der Waals surface area contributed by atoms with E-state index in [4.69, 9.17) is 0 Å². The van der Waals surface area contributed by atoms with Crippen LogP contribution in [0.5, 0.6) is 5.75 Å². The number of phenols is 1. The predicted molar refractivity (Wildman–Crippen MR) is 103 cm³/mol. The Morgan fingerprint density at radius 1 is 1.04 bits per heavy atom. The lowest BCUT2D eigenvalue weighted by atomic mass is 9.78. The molecule has 4 heteroatoms. The van der Waals surface area contributed by atoms with Gasteiger partial charge in [0.15, 0.2) is 0 Å². The molecule has 140 valence electrons. The van der Waals surface area contributed by atoms with Gasteiger partial charge in [-0.1, -0.05) is 53.7 Å². The minimum atomic E-state index is -0.136. The van der Waals surface area contributed by atoms with Gasteiger partial charge in [-0.3, -0.25) is 4.79 Å². The van der Waals surface area contributed by atoms with Crippen LogP contribution in [0, 0.1) is 0 Å². The second-order valence-electron chi connectivity index (χ2n) is 9.17. The molecule has 1 fully saturated rings. The number of nitrogens with zero attached hydrogens (tertiary/aromatic N) is 1. The van der Waals surface area contributed by atoms with Gasteiger partial charge in [-0.15, -0.1) is 0 Å². The van der Waals surface area contributed by atoms with Gasteiger partial charge in [0.25, 0.3) is 0 Å². The first-order valence-corrected chi connectivity index (χ1v) is 9.35. The summed E-state index contributed by atoms with van der Waals surface area (Å²) < 4.78 is 0. The van der Waals surface area contributed by atoms with E-state index in [1.807, 2.05) is 4.90 Å². The van der Waals surface area contributed by atoms with E-state index in [2.05, 4.69) is 59.0 Å². The molecule has 1 aromatic rings. The Morgan fingerprint density at radius 3 is 1.96 bits per heavy atom. The smallest absolute Gasteiger partial charge is 0.222 e. The van der Waals surface area contributed by atoms with Gasteiger partial charge in [0.05, 0.1) is 0 Å². The van der Waals surface area contributed by atoms with Crippen molar-refractivity contribution in [3.63, 3.8) is 0 Å². The van der Waals surface area contributed by atoms with Crippen molar-refractivity contribution in [3.05, 3.63) is 28.8 Å². The third-order valence-corrected chi connectivity index (χ3v) is 4.88. The van der Waals surface area contributed by atoms with Crippen LogP contribution in [0.25, 0.3) is 0 Å². The largest absolute Gasteiger partial charge is 0.507 e. The average Bonchev–Trinajstić information content (AvgIpc) is 2.52. The zero-order valence-electron chi connectivity index (χ0n) is 16.7. The molecule has 0 radical (unpaired) electrons. The van der Waals surface area contributed by atoms with Crippen molar-refractivity contribution < 1.29 is 9.90 Å². The molecule has 0 atom stereocenters. The van der Waals surface area contributed by atoms with Gasteiger partial charge >= 0.3 is 0 Å². The molecular weight excluding hydrogens is 312 g/mol. The molecule has 2 rings (SSSR count). The van der Waals surface area contributed by atoms with Crippen molar-refractivity contribution in [2.24, 2.45) is 0 Å². The molecule has 0 spiro atoms. The maximum absolute atomic E-state index is 12.5. The number of benzene rings is 1. The number of hydrogen-bond donors (Lipinski definition) is 2. The first kappa shape index (κ1) is 19.8. The highest BCUT2D eigenvalue weighted by Gasteiger charge is 2.26. The number of nitrogens with one attached hydrogen (secondary N) is 1. The normalized spacial score (nSPS) is 16.2. The summed E-state index contributed by atoms with van der Waals surface area (Å²) in [5.74, 6) is 0.626. The van der Waals surface area contributed by atoms with Crippen LogP contribution in [0.4, 0.5) is 0 Å². The summed E-state index contributed by atoms with van der Waals surface area (Å²) in [5.41, 5.74) is 2.79. The van der Waals surface area contributed by atoms with E-state index in [1.54, 1.807) is 0 Å². The highest BCUT2D eigenvalue weighted by atomic mass is 16.3. The Bertz CT molecular complexity index is 583. The van der Waals surface area contributed by atoms with Crippen LogP contribution < -0.4 is 5.32 Å². The van der Waals surface area contributed by atoms with E-state index >= 15 is 0 Å². The number of amides is 1. The fourth-order valence-corrected chi connectivity index (χ4v) is 3.31. The Kier molecular flexibility index (Phi) is 5.82. The molecule has 1 saturated heterocycles. The van der Waals surface area contributed by atoms with Gasteiger partial charge in [0.2, 0.25) is 5.91 Å². The van der Waals surface area contributed by atoms with Gasteiger partial charge < -0.3 is 15.3 Å². The molecule has 25 heavy (non-hydrogen) atoms. The number of carbonyl (C=O) groups is 1. The van der Waals surface area contributed by atoms with Crippen molar-refractivity contribution in [3.8, 4) is 5.75 Å². The molecule has 1 heterocycles. The summed E-state index contributed by atoms with van der Waals surface area (Å²) >= 11 is 0. The maximum Gasteiger partial charge on any atom is 0.222 e. The average molecular weight is 347 g/mol. The minimum absolute atomic E-state index is 0.136. The number of carbonyl (C=O) groups excluding carboxylic acids is 1. The molecule has 0 unspecified atom stereocenters. The lowest BCUT2D eigenvalue weighted by Gasteiger charge is -2.29. The van der Waals surface area contributed by atoms with Crippen molar-refractivity contribution in [2.75, 3.05) is 26.2 Å². The van der Waals surface area contributed by atoms with Crippen LogP contribution in [0.15, 0.2) is 12.1 Å². The van der Waals surface area contributed by atoms with Crippen LogP contribution in [0.1, 0.15) is 64.7 Å². The van der Waals surface area contributed by atoms with E-state index < -0.39 is 0 Å². The number of piperazine rings is 1. The summed E-state index contributed by atoms with van der Waals surface area (Å²) in [6.45, 7) is 16.1. The SMILES string of the molecule is CC(C)(C)c1cc(CCC(=O)N2CCNCC2)cc(C(C)(C)C)c1O. The van der Waals surface area contributed by atoms with Crippen molar-refractivity contribution in [1.29, 1.82) is 0 Å². The van der Waals surface area contributed by atoms with Gasteiger partial charge in [-0.2, -0.15) is 0 Å². The van der Waals surface area contributed by atoms with Gasteiger partial charge in [-0.05, 0) is 33.9 Å². The van der Waals surface area contributed by atoms with E-state index in [0.717, 1.165) is 49.3 Å². The summed E-state index contributed by atoms with van der Waals surface area (Å²) in [6.07, 6.45) is 1.24. The number of phenolic OH excluding ortho intramolecular Hbond substituents is 1. The molecular formula is C21H34N2O2. The third-order valence-electron chi connectivity index (χ3n) is 4.88. The van der Waals surface area contributed by atoms with Crippen molar-refractivity contribution >= 4 is 5.91 Å². The molecule has 0 saturated carbocycles. The number of rotatable bonds is 3. The summed E-state index contributed by atoms with van der Waals surface area (Å²) in [5, 5.41) is 14.1. The molecule has 0 bridgehead atoms. The Hall–Kier alpha value is -1.55. The molecule has 0 aliphatic carbocycles. The minimum Gasteiger partial charge on any atom is -0.507 e. The lowest BCUT2D eigenvalue weighted by Crippen LogP contribution is -2.46. The van der Waals surface area contributed by atoms with E-state index in [1.165, 1.54) is 0 Å². The Balaban J connectivity index is 2.23. The lowest BCUT2D eigenvalue weighted by molar-refractivity contribution is -0.131. The second kappa shape index (κ2) is 7.36. The van der Waals surface area contributed by atoms with Crippen LogP contribution >= 0.6 is 0 Å². The number of aromatic hydroxyl groups is 1. The van der Waals surface area contributed by atoms with Crippen molar-refractivity contribution in [2.45, 2.75) is 65.2 Å². The topological polar surface area (TPSA) is 52.6 Å². The molecule has 1 aliphatic heterocycles. The molecule has 1 aliphatic rings. The quantitative estimate of drug-likeness (QED) is 0.882. The molecule has 2 N–H and O–H groups in total. The predicted octanol–water partition coefficient (Wildman–Crippen LogP) is 3.35. The summed E-state index contributed by atoms with van der Waals surface area (Å²) in [6, 6.07) is 4.16. The van der Waals surface area contributed by atoms with Crippen LogP contribution in [-0.4, -0.2) is 42.1 Å². The first-order chi connectivity index (χ1) is 11.5. The third kappa shape index (κ3) is 4.97. The molecule has 0 aromatic heterocycles. The van der Waals surface area contributed by atoms with E-state index in [9.17, 15) is 9.90 Å². The number of hydrogen-bond acceptors (Lipinski definition) is 3. The van der Waals surface area contributed by atoms with E-state index in [-0.39, 0.29) is 16.7 Å². The number of aryl methyl sites for hydroxylation is 1. The zero-order valence-corrected chi connectivity index (χ0v) is 16.7. The monoisotopic (exact) mass is 346 g/mol. The highest BCUT2D eigenvalue weighted by Crippen LogP contribution is 2.39. The van der Waals surface area contributed by atoms with Gasteiger partial charge in [0.1, 0.15) is 5.75 Å². The fourth-order valence-electron chi connectivity index (χ4n) is 3.31. The summed E-state index contributed by atoms with van der Waals surface area (Å²) in [7, 11) is 0. The van der Waals surface area contributed by atoms with Crippen LogP contribution in [0.2, 0.25) is 0 Å².